The number of nitrogens with zero attached hydrogens (tertiary/aromatic N) is 1. The van der Waals surface area contributed by atoms with Crippen LogP contribution in [0.1, 0.15) is 31.9 Å². The fourth-order valence-corrected chi connectivity index (χ4v) is 2.43. The van der Waals surface area contributed by atoms with Gasteiger partial charge >= 0.3 is 0 Å². The highest BCUT2D eigenvalue weighted by molar-refractivity contribution is 5.25. The molecule has 0 radical (unpaired) electrons. The topological polar surface area (TPSA) is 12.5 Å². The van der Waals surface area contributed by atoms with Gasteiger partial charge in [0.05, 0.1) is 0 Å². The van der Waals surface area contributed by atoms with Gasteiger partial charge in [-0.05, 0) is 57.2 Å². The largest absolute Gasteiger partial charge is 0.489 e. The van der Waals surface area contributed by atoms with E-state index in [9.17, 15) is 0 Å². The molecule has 2 aromatic rings. The van der Waals surface area contributed by atoms with E-state index >= 15 is 0 Å². The van der Waals surface area contributed by atoms with Crippen molar-refractivity contribution < 1.29 is 4.74 Å². The molecule has 0 saturated carbocycles. The SMILES string of the molecule is CN(CC=CC#CC(C)(C)C)Cc1cccc(COc2ccccc2)c1. The van der Waals surface area contributed by atoms with Crippen LogP contribution in [0.2, 0.25) is 0 Å². The van der Waals surface area contributed by atoms with Gasteiger partial charge < -0.3 is 4.74 Å². The third-order valence-electron chi connectivity index (χ3n) is 3.66. The number of rotatable bonds is 7. The highest BCUT2D eigenvalue weighted by Gasteiger charge is 2.03. The minimum Gasteiger partial charge on any atom is -0.489 e. The summed E-state index contributed by atoms with van der Waals surface area (Å²) in [4.78, 5) is 2.27. The average Bonchev–Trinajstić information content (AvgIpc) is 2.60. The summed E-state index contributed by atoms with van der Waals surface area (Å²) in [6.07, 6.45) is 4.06. The summed E-state index contributed by atoms with van der Waals surface area (Å²) in [5.41, 5.74) is 2.53. The zero-order valence-corrected chi connectivity index (χ0v) is 16.3. The van der Waals surface area contributed by atoms with Crippen LogP contribution in [0.5, 0.6) is 5.75 Å². The Bertz CT molecular complexity index is 760. The fraction of sp³-hybridized carbons (Fsp3) is 0.333. The van der Waals surface area contributed by atoms with Gasteiger partial charge in [0.2, 0.25) is 0 Å². The Morgan fingerprint density at radius 2 is 1.73 bits per heavy atom. The molecule has 0 spiro atoms. The first-order valence-electron chi connectivity index (χ1n) is 9.04. The number of ether oxygens (including phenoxy) is 1. The van der Waals surface area contributed by atoms with Crippen LogP contribution >= 0.6 is 0 Å². The Kier molecular flexibility index (Phi) is 7.51. The lowest BCUT2D eigenvalue weighted by atomic mass is 9.98. The molecular weight excluding hydrogens is 318 g/mol. The van der Waals surface area contributed by atoms with Crippen LogP contribution in [0.4, 0.5) is 0 Å². The third kappa shape index (κ3) is 8.05. The van der Waals surface area contributed by atoms with Gasteiger partial charge in [-0.1, -0.05) is 60.4 Å². The molecule has 0 aliphatic heterocycles. The van der Waals surface area contributed by atoms with E-state index in [0.717, 1.165) is 18.8 Å². The molecule has 26 heavy (non-hydrogen) atoms. The summed E-state index contributed by atoms with van der Waals surface area (Å²) in [6.45, 7) is 8.72. The zero-order valence-electron chi connectivity index (χ0n) is 16.3. The van der Waals surface area contributed by atoms with Gasteiger partial charge in [0, 0.05) is 18.5 Å². The smallest absolute Gasteiger partial charge is 0.119 e. The van der Waals surface area contributed by atoms with Gasteiger partial charge in [-0.3, -0.25) is 4.90 Å². The van der Waals surface area contributed by atoms with Gasteiger partial charge in [0.15, 0.2) is 0 Å². The summed E-state index contributed by atoms with van der Waals surface area (Å²) < 4.78 is 5.83. The van der Waals surface area contributed by atoms with Crippen molar-refractivity contribution in [2.24, 2.45) is 5.41 Å². The summed E-state index contributed by atoms with van der Waals surface area (Å²) in [7, 11) is 2.12. The second-order valence-corrected chi connectivity index (χ2v) is 7.54. The minimum atomic E-state index is 0.0541. The van der Waals surface area contributed by atoms with E-state index in [-0.39, 0.29) is 5.41 Å². The van der Waals surface area contributed by atoms with Crippen molar-refractivity contribution in [3.63, 3.8) is 0 Å². The standard InChI is InChI=1S/C24H29NO/c1-24(2,3)16-9-6-10-17-25(4)19-21-12-11-13-22(18-21)20-26-23-14-7-5-8-15-23/h5-8,10-15,18H,17,19-20H2,1-4H3. The Balaban J connectivity index is 1.83. The van der Waals surface area contributed by atoms with Crippen LogP contribution in [0, 0.1) is 17.3 Å². The first kappa shape index (κ1) is 19.8. The van der Waals surface area contributed by atoms with Crippen LogP contribution in [-0.2, 0) is 13.2 Å². The molecule has 0 atom stereocenters. The number of likely N-dealkylation sites (N-methyl/N-ethyl adjacent to an activating group) is 1. The summed E-state index contributed by atoms with van der Waals surface area (Å²) in [6, 6.07) is 18.5. The fourth-order valence-electron chi connectivity index (χ4n) is 2.43. The molecule has 0 bridgehead atoms. The second kappa shape index (κ2) is 9.85. The van der Waals surface area contributed by atoms with E-state index in [0.29, 0.717) is 6.61 Å². The molecule has 0 fully saturated rings. The van der Waals surface area contributed by atoms with Crippen molar-refractivity contribution in [1.82, 2.24) is 4.90 Å². The monoisotopic (exact) mass is 347 g/mol. The van der Waals surface area contributed by atoms with Crippen molar-refractivity contribution in [2.45, 2.75) is 33.9 Å². The van der Waals surface area contributed by atoms with Crippen LogP contribution in [0.15, 0.2) is 66.7 Å². The zero-order chi connectivity index (χ0) is 18.8. The van der Waals surface area contributed by atoms with Crippen LogP contribution < -0.4 is 4.74 Å². The lowest BCUT2D eigenvalue weighted by Gasteiger charge is -2.15. The van der Waals surface area contributed by atoms with E-state index in [2.05, 4.69) is 74.9 Å². The molecule has 2 aromatic carbocycles. The predicted octanol–water partition coefficient (Wildman–Crippen LogP) is 5.30. The molecule has 0 saturated heterocycles. The van der Waals surface area contributed by atoms with Gasteiger partial charge in [0.25, 0.3) is 0 Å². The molecule has 0 heterocycles. The maximum absolute atomic E-state index is 5.83. The number of hydrogen-bond acceptors (Lipinski definition) is 2. The highest BCUT2D eigenvalue weighted by Crippen LogP contribution is 2.13. The van der Waals surface area contributed by atoms with Crippen molar-refractivity contribution in [3.8, 4) is 17.6 Å². The van der Waals surface area contributed by atoms with Gasteiger partial charge in [-0.15, -0.1) is 0 Å². The Labute approximate surface area is 158 Å². The number of allylic oxidation sites excluding steroid dienone is 1. The summed E-state index contributed by atoms with van der Waals surface area (Å²) >= 11 is 0. The Morgan fingerprint density at radius 1 is 1.00 bits per heavy atom. The van der Waals surface area contributed by atoms with Crippen LogP contribution in [0.3, 0.4) is 0 Å². The Morgan fingerprint density at radius 3 is 2.46 bits per heavy atom. The molecule has 136 valence electrons. The molecule has 0 aromatic heterocycles. The van der Waals surface area contributed by atoms with E-state index in [1.807, 2.05) is 36.4 Å². The Hall–Kier alpha value is -2.50. The number of benzene rings is 2. The maximum Gasteiger partial charge on any atom is 0.119 e. The predicted molar refractivity (Wildman–Crippen MR) is 110 cm³/mol. The van der Waals surface area contributed by atoms with Gasteiger partial charge in [-0.2, -0.15) is 0 Å². The quantitative estimate of drug-likeness (QED) is 0.630. The minimum absolute atomic E-state index is 0.0541. The van der Waals surface area contributed by atoms with Crippen molar-refractivity contribution in [3.05, 3.63) is 77.9 Å². The summed E-state index contributed by atoms with van der Waals surface area (Å²) in [5, 5.41) is 0. The first-order valence-corrected chi connectivity index (χ1v) is 9.04. The molecule has 0 N–H and O–H groups in total. The third-order valence-corrected chi connectivity index (χ3v) is 3.66. The second-order valence-electron chi connectivity index (χ2n) is 7.54. The van der Waals surface area contributed by atoms with E-state index < -0.39 is 0 Å². The molecule has 0 unspecified atom stereocenters. The molecule has 2 rings (SSSR count). The molecule has 0 amide bonds. The first-order chi connectivity index (χ1) is 12.4. The molecule has 2 nitrogen and oxygen atoms in total. The normalized spacial score (nSPS) is 11.4. The lowest BCUT2D eigenvalue weighted by molar-refractivity contribution is 0.305. The van der Waals surface area contributed by atoms with Crippen LogP contribution in [0.25, 0.3) is 0 Å². The lowest BCUT2D eigenvalue weighted by Crippen LogP contribution is -2.17. The van der Waals surface area contributed by atoms with Crippen LogP contribution in [-0.4, -0.2) is 18.5 Å². The highest BCUT2D eigenvalue weighted by atomic mass is 16.5. The number of hydrogen-bond donors (Lipinski definition) is 0. The molecule has 0 aliphatic rings. The molecule has 0 aliphatic carbocycles. The van der Waals surface area contributed by atoms with Gasteiger partial charge in [0.1, 0.15) is 12.4 Å². The van der Waals surface area contributed by atoms with Crippen molar-refractivity contribution >= 4 is 0 Å². The van der Waals surface area contributed by atoms with Crippen molar-refractivity contribution in [1.29, 1.82) is 0 Å². The van der Waals surface area contributed by atoms with E-state index in [4.69, 9.17) is 4.74 Å². The van der Waals surface area contributed by atoms with Gasteiger partial charge in [-0.25, -0.2) is 0 Å². The number of para-hydroxylation sites is 1. The molecule has 2 heteroatoms. The average molecular weight is 348 g/mol. The van der Waals surface area contributed by atoms with E-state index in [1.165, 1.54) is 11.1 Å². The summed E-state index contributed by atoms with van der Waals surface area (Å²) in [5.74, 6) is 7.22. The maximum atomic E-state index is 5.83. The van der Waals surface area contributed by atoms with E-state index in [1.54, 1.807) is 0 Å². The van der Waals surface area contributed by atoms with Crippen molar-refractivity contribution in [2.75, 3.05) is 13.6 Å². The molecular formula is C24H29NO.